The molecule has 0 bridgehead atoms. The Kier molecular flexibility index (Phi) is 5.23. The number of aromatic hydroxyl groups is 1. The monoisotopic (exact) mass is 401 g/mol. The van der Waals surface area contributed by atoms with Crippen molar-refractivity contribution in [2.75, 3.05) is 0 Å². The van der Waals surface area contributed by atoms with E-state index in [1.54, 1.807) is 6.07 Å². The molecule has 1 aromatic heterocycles. The van der Waals surface area contributed by atoms with E-state index in [4.69, 9.17) is 11.6 Å². The van der Waals surface area contributed by atoms with Crippen molar-refractivity contribution in [2.24, 2.45) is 0 Å². The molecule has 3 aromatic rings. The van der Waals surface area contributed by atoms with Crippen LogP contribution in [0.4, 0.5) is 5.69 Å². The van der Waals surface area contributed by atoms with Gasteiger partial charge in [-0.2, -0.15) is 5.10 Å². The lowest BCUT2D eigenvalue weighted by molar-refractivity contribution is -0.384. The zero-order valence-electron chi connectivity index (χ0n) is 14.0. The van der Waals surface area contributed by atoms with E-state index in [2.05, 4.69) is 16.0 Å². The van der Waals surface area contributed by atoms with Gasteiger partial charge < -0.3 is 5.11 Å². The van der Waals surface area contributed by atoms with Gasteiger partial charge in [-0.3, -0.25) is 30.6 Å². The maximum absolute atomic E-state index is 12.2. The van der Waals surface area contributed by atoms with Gasteiger partial charge in [0, 0.05) is 23.4 Å². The van der Waals surface area contributed by atoms with Crippen molar-refractivity contribution in [1.29, 1.82) is 0 Å². The normalized spacial score (nSPS) is 10.3. The highest BCUT2D eigenvalue weighted by Gasteiger charge is 2.15. The number of nitro benzene ring substituents is 1. The van der Waals surface area contributed by atoms with E-state index in [-0.39, 0.29) is 27.7 Å². The summed E-state index contributed by atoms with van der Waals surface area (Å²) >= 11 is 5.78. The van der Waals surface area contributed by atoms with Gasteiger partial charge in [0.15, 0.2) is 5.69 Å². The molecular formula is C17H12ClN5O5. The standard InChI is InChI=1S/C17H12ClN5O5/c18-10-4-5-15(24)13(8-10)16(25)19-20-17(26)14-6-7-22(21-14)11-2-1-3-12(9-11)23(27)28/h1-9,24H,(H,19,25)(H,20,26). The third-order valence-corrected chi connectivity index (χ3v) is 3.85. The number of non-ortho nitro benzene ring substituents is 1. The van der Waals surface area contributed by atoms with Crippen LogP contribution in [0.2, 0.25) is 5.02 Å². The molecule has 0 atom stereocenters. The number of hydrazine groups is 1. The van der Waals surface area contributed by atoms with Crippen LogP contribution in [0.25, 0.3) is 5.69 Å². The summed E-state index contributed by atoms with van der Waals surface area (Å²) in [5, 5.41) is 24.8. The van der Waals surface area contributed by atoms with Gasteiger partial charge in [-0.1, -0.05) is 17.7 Å². The third-order valence-electron chi connectivity index (χ3n) is 3.62. The molecule has 0 fully saturated rings. The Hall–Kier alpha value is -3.92. The molecule has 3 rings (SSSR count). The number of nitro groups is 1. The van der Waals surface area contributed by atoms with Gasteiger partial charge >= 0.3 is 0 Å². The summed E-state index contributed by atoms with van der Waals surface area (Å²) in [4.78, 5) is 34.5. The van der Waals surface area contributed by atoms with E-state index in [0.29, 0.717) is 5.69 Å². The zero-order chi connectivity index (χ0) is 20.3. The van der Waals surface area contributed by atoms with Gasteiger partial charge in [-0.05, 0) is 30.3 Å². The van der Waals surface area contributed by atoms with E-state index < -0.39 is 16.7 Å². The molecule has 0 aliphatic carbocycles. The number of aromatic nitrogens is 2. The smallest absolute Gasteiger partial charge is 0.290 e. The van der Waals surface area contributed by atoms with Crippen LogP contribution in [0.5, 0.6) is 5.75 Å². The Morgan fingerprint density at radius 1 is 1.11 bits per heavy atom. The summed E-state index contributed by atoms with van der Waals surface area (Å²) in [5.74, 6) is -1.79. The van der Waals surface area contributed by atoms with Crippen LogP contribution in [-0.4, -0.2) is 31.6 Å². The molecule has 0 aliphatic rings. The molecule has 10 nitrogen and oxygen atoms in total. The first-order chi connectivity index (χ1) is 13.3. The second-order valence-electron chi connectivity index (χ2n) is 5.49. The molecule has 1 heterocycles. The topological polar surface area (TPSA) is 139 Å². The number of benzene rings is 2. The van der Waals surface area contributed by atoms with Crippen LogP contribution < -0.4 is 10.9 Å². The van der Waals surface area contributed by atoms with Crippen LogP contribution in [0.3, 0.4) is 0 Å². The van der Waals surface area contributed by atoms with Crippen LogP contribution in [0.15, 0.2) is 54.7 Å². The van der Waals surface area contributed by atoms with Crippen molar-refractivity contribution in [2.45, 2.75) is 0 Å². The fraction of sp³-hybridized carbons (Fsp3) is 0. The number of hydrogen-bond donors (Lipinski definition) is 3. The molecule has 0 unspecified atom stereocenters. The van der Waals surface area contributed by atoms with Crippen LogP contribution in [-0.2, 0) is 0 Å². The molecule has 0 saturated heterocycles. The largest absolute Gasteiger partial charge is 0.507 e. The average molecular weight is 402 g/mol. The minimum Gasteiger partial charge on any atom is -0.507 e. The number of amides is 2. The number of carbonyl (C=O) groups is 2. The minimum absolute atomic E-state index is 0.0397. The average Bonchev–Trinajstić information content (AvgIpc) is 3.18. The lowest BCUT2D eigenvalue weighted by Crippen LogP contribution is -2.41. The highest BCUT2D eigenvalue weighted by atomic mass is 35.5. The fourth-order valence-electron chi connectivity index (χ4n) is 2.27. The van der Waals surface area contributed by atoms with Gasteiger partial charge in [0.1, 0.15) is 5.75 Å². The molecule has 2 amide bonds. The molecule has 0 radical (unpaired) electrons. The number of nitrogens with zero attached hydrogens (tertiary/aromatic N) is 3. The summed E-state index contributed by atoms with van der Waals surface area (Å²) < 4.78 is 1.28. The number of halogens is 1. The Morgan fingerprint density at radius 2 is 1.86 bits per heavy atom. The van der Waals surface area contributed by atoms with Crippen molar-refractivity contribution in [1.82, 2.24) is 20.6 Å². The number of phenolic OH excluding ortho intramolecular Hbond substituents is 1. The van der Waals surface area contributed by atoms with E-state index in [0.717, 1.165) is 0 Å². The molecule has 3 N–H and O–H groups in total. The summed E-state index contributed by atoms with van der Waals surface area (Å²) in [6.07, 6.45) is 1.44. The second-order valence-corrected chi connectivity index (χ2v) is 5.93. The van der Waals surface area contributed by atoms with Crippen molar-refractivity contribution in [3.8, 4) is 11.4 Å². The SMILES string of the molecule is O=C(NNC(=O)c1cc(Cl)ccc1O)c1ccn(-c2cccc([N+](=O)[O-])c2)n1. The number of hydrogen-bond acceptors (Lipinski definition) is 6. The molecule has 0 spiro atoms. The molecule has 11 heteroatoms. The molecular weight excluding hydrogens is 390 g/mol. The van der Waals surface area contributed by atoms with Crippen molar-refractivity contribution < 1.29 is 19.6 Å². The lowest BCUT2D eigenvalue weighted by atomic mass is 10.2. The van der Waals surface area contributed by atoms with E-state index in [9.17, 15) is 24.8 Å². The molecule has 28 heavy (non-hydrogen) atoms. The Morgan fingerprint density at radius 3 is 2.61 bits per heavy atom. The molecule has 0 saturated carbocycles. The summed E-state index contributed by atoms with van der Waals surface area (Å²) in [6.45, 7) is 0. The summed E-state index contributed by atoms with van der Waals surface area (Å²) in [6, 6.07) is 11.0. The first-order valence-corrected chi connectivity index (χ1v) is 8.12. The first kappa shape index (κ1) is 18.9. The number of rotatable bonds is 4. The van der Waals surface area contributed by atoms with E-state index in [1.165, 1.54) is 53.3 Å². The maximum Gasteiger partial charge on any atom is 0.290 e. The quantitative estimate of drug-likeness (QED) is 0.452. The highest BCUT2D eigenvalue weighted by molar-refractivity contribution is 6.31. The van der Waals surface area contributed by atoms with E-state index >= 15 is 0 Å². The van der Waals surface area contributed by atoms with Crippen LogP contribution in [0.1, 0.15) is 20.8 Å². The summed E-state index contributed by atoms with van der Waals surface area (Å²) in [7, 11) is 0. The van der Waals surface area contributed by atoms with Gasteiger partial charge in [0.05, 0.1) is 16.2 Å². The zero-order valence-corrected chi connectivity index (χ0v) is 14.8. The number of phenols is 1. The highest BCUT2D eigenvalue weighted by Crippen LogP contribution is 2.21. The van der Waals surface area contributed by atoms with Gasteiger partial charge in [0.2, 0.25) is 0 Å². The van der Waals surface area contributed by atoms with Crippen molar-refractivity contribution in [3.05, 3.63) is 81.1 Å². The van der Waals surface area contributed by atoms with E-state index in [1.807, 2.05) is 0 Å². The predicted octanol–water partition coefficient (Wildman–Crippen LogP) is 2.21. The van der Waals surface area contributed by atoms with Crippen LogP contribution in [0, 0.1) is 10.1 Å². The minimum atomic E-state index is -0.772. The fourth-order valence-corrected chi connectivity index (χ4v) is 2.45. The molecule has 0 aliphatic heterocycles. The van der Waals surface area contributed by atoms with Crippen molar-refractivity contribution in [3.63, 3.8) is 0 Å². The van der Waals surface area contributed by atoms with Gasteiger partial charge in [-0.15, -0.1) is 0 Å². The molecule has 2 aromatic carbocycles. The molecule has 142 valence electrons. The van der Waals surface area contributed by atoms with Crippen LogP contribution >= 0.6 is 11.6 Å². The Bertz CT molecular complexity index is 1080. The van der Waals surface area contributed by atoms with Gasteiger partial charge in [-0.25, -0.2) is 4.68 Å². The third kappa shape index (κ3) is 4.07. The maximum atomic E-state index is 12.2. The predicted molar refractivity (Wildman–Crippen MR) is 98.3 cm³/mol. The first-order valence-electron chi connectivity index (χ1n) is 7.75. The number of nitrogens with one attached hydrogen (secondary N) is 2. The summed E-state index contributed by atoms with van der Waals surface area (Å²) in [5.41, 5.74) is 4.42. The Balaban J connectivity index is 1.69. The lowest BCUT2D eigenvalue weighted by Gasteiger charge is -2.07. The second kappa shape index (κ2) is 7.76. The Labute approximate surface area is 162 Å². The van der Waals surface area contributed by atoms with Gasteiger partial charge in [0.25, 0.3) is 17.5 Å². The number of carbonyl (C=O) groups excluding carboxylic acids is 2. The van der Waals surface area contributed by atoms with Crippen molar-refractivity contribution >= 4 is 29.1 Å².